The van der Waals surface area contributed by atoms with Crippen LogP contribution in [0.1, 0.15) is 196 Å². The number of aliphatic hydroxyl groups is 3. The summed E-state index contributed by atoms with van der Waals surface area (Å²) in [5.41, 5.74) is 0.400. The fourth-order valence-electron chi connectivity index (χ4n) is 14.9. The average Bonchev–Trinajstić information content (AvgIpc) is 3.01. The quantitative estimate of drug-likeness (QED) is 0.241. The van der Waals surface area contributed by atoms with Crippen LogP contribution in [0.5, 0.6) is 0 Å². The zero-order chi connectivity index (χ0) is 42.8. The SMILES string of the molecule is CC(C)CC1CC(CC2C(C)C(CC3CC(C(C)(C)C)C(O)C(C(C)(C)C)C3)C(C)C(C3CC(C(C)(C)C)C(O)C(C(C)(C)C)C3)C2C)CC(C(C)(C)C)C1O. The fourth-order valence-corrected chi connectivity index (χ4v) is 14.9. The Labute approximate surface area is 350 Å². The van der Waals surface area contributed by atoms with Crippen LogP contribution in [0.2, 0.25) is 0 Å². The Morgan fingerprint density at radius 3 is 1.05 bits per heavy atom. The molecule has 4 rings (SSSR count). The first-order valence-electron chi connectivity index (χ1n) is 24.3. The van der Waals surface area contributed by atoms with Gasteiger partial charge in [-0.2, -0.15) is 0 Å². The van der Waals surface area contributed by atoms with E-state index in [9.17, 15) is 15.3 Å². The molecule has 14 atom stereocenters. The second-order valence-corrected chi connectivity index (χ2v) is 27.6. The van der Waals surface area contributed by atoms with E-state index in [0.717, 1.165) is 38.5 Å². The van der Waals surface area contributed by atoms with Gasteiger partial charge in [0.15, 0.2) is 0 Å². The van der Waals surface area contributed by atoms with Gasteiger partial charge >= 0.3 is 0 Å². The highest BCUT2D eigenvalue weighted by Crippen LogP contribution is 2.60. The lowest BCUT2D eigenvalue weighted by molar-refractivity contribution is -0.129. The van der Waals surface area contributed by atoms with Gasteiger partial charge in [0.1, 0.15) is 0 Å². The Balaban J connectivity index is 1.78. The zero-order valence-electron chi connectivity index (χ0n) is 41.2. The standard InChI is InChI=1S/C53H100O3/c1-30(2)21-37-22-34(25-40(46(37)54)49(6,7)8)23-38-31(3)39(24-35-26-41(50(9,10)11)47(55)42(27-35)51(12,13)14)33(5)45(32(38)4)36-28-43(52(15,16)17)48(56)44(29-36)53(18,19)20/h30-48,54-56H,21-29H2,1-20H3. The molecule has 14 unspecified atom stereocenters. The molecule has 3 N–H and O–H groups in total. The van der Waals surface area contributed by atoms with Gasteiger partial charge in [0.25, 0.3) is 0 Å². The van der Waals surface area contributed by atoms with E-state index in [1.165, 1.54) is 19.3 Å². The van der Waals surface area contributed by atoms with Crippen LogP contribution in [-0.4, -0.2) is 33.6 Å². The molecule has 0 saturated heterocycles. The summed E-state index contributed by atoms with van der Waals surface area (Å²) in [6.45, 7) is 48.4. The minimum Gasteiger partial charge on any atom is -0.393 e. The monoisotopic (exact) mass is 785 g/mol. The lowest BCUT2D eigenvalue weighted by Crippen LogP contribution is -2.54. The first-order valence-corrected chi connectivity index (χ1v) is 24.3. The minimum absolute atomic E-state index is 0.0675. The fraction of sp³-hybridized carbons (Fsp3) is 1.00. The normalized spacial score (nSPS) is 43.9. The van der Waals surface area contributed by atoms with Crippen molar-refractivity contribution in [2.24, 2.45) is 122 Å². The number of hydrogen-bond acceptors (Lipinski definition) is 3. The molecule has 0 spiro atoms. The molecular weight excluding hydrogens is 685 g/mol. The van der Waals surface area contributed by atoms with Gasteiger partial charge in [-0.3, -0.25) is 0 Å². The van der Waals surface area contributed by atoms with Crippen molar-refractivity contribution in [1.82, 2.24) is 0 Å². The van der Waals surface area contributed by atoms with Gasteiger partial charge < -0.3 is 15.3 Å². The Morgan fingerprint density at radius 1 is 0.429 bits per heavy atom. The molecule has 0 aromatic rings. The van der Waals surface area contributed by atoms with Crippen LogP contribution in [0.3, 0.4) is 0 Å². The Morgan fingerprint density at radius 2 is 0.732 bits per heavy atom. The third-order valence-electron chi connectivity index (χ3n) is 18.1. The predicted octanol–water partition coefficient (Wildman–Crippen LogP) is 13.8. The third-order valence-corrected chi connectivity index (χ3v) is 18.1. The van der Waals surface area contributed by atoms with E-state index in [0.29, 0.717) is 94.7 Å². The molecule has 0 aliphatic heterocycles. The molecule has 4 aliphatic carbocycles. The maximum absolute atomic E-state index is 12.1. The van der Waals surface area contributed by atoms with E-state index in [2.05, 4.69) is 138 Å². The third kappa shape index (κ3) is 10.8. The van der Waals surface area contributed by atoms with Crippen molar-refractivity contribution < 1.29 is 15.3 Å². The molecular formula is C53H100O3. The second kappa shape index (κ2) is 17.3. The summed E-state index contributed by atoms with van der Waals surface area (Å²) in [6.07, 6.45) is 9.99. The molecule has 0 aromatic carbocycles. The lowest BCUT2D eigenvalue weighted by Gasteiger charge is -2.58. The van der Waals surface area contributed by atoms with Crippen molar-refractivity contribution in [3.8, 4) is 0 Å². The topological polar surface area (TPSA) is 60.7 Å². The van der Waals surface area contributed by atoms with Gasteiger partial charge in [-0.1, -0.05) is 138 Å². The summed E-state index contributed by atoms with van der Waals surface area (Å²) in [4.78, 5) is 0. The summed E-state index contributed by atoms with van der Waals surface area (Å²) in [7, 11) is 0. The summed E-state index contributed by atoms with van der Waals surface area (Å²) in [6, 6.07) is 0. The maximum atomic E-state index is 12.1. The molecule has 4 aliphatic rings. The molecule has 56 heavy (non-hydrogen) atoms. The van der Waals surface area contributed by atoms with Gasteiger partial charge in [0.2, 0.25) is 0 Å². The summed E-state index contributed by atoms with van der Waals surface area (Å²) in [5, 5.41) is 35.9. The molecule has 3 heteroatoms. The van der Waals surface area contributed by atoms with Crippen LogP contribution < -0.4 is 0 Å². The van der Waals surface area contributed by atoms with Gasteiger partial charge in [0, 0.05) is 0 Å². The molecule has 0 radical (unpaired) electrons. The van der Waals surface area contributed by atoms with Crippen molar-refractivity contribution >= 4 is 0 Å². The minimum atomic E-state index is -0.246. The highest BCUT2D eigenvalue weighted by molar-refractivity contribution is 5.04. The number of rotatable bonds is 7. The van der Waals surface area contributed by atoms with E-state index >= 15 is 0 Å². The molecule has 4 saturated carbocycles. The molecule has 4 fully saturated rings. The Hall–Kier alpha value is -0.120. The summed E-state index contributed by atoms with van der Waals surface area (Å²) < 4.78 is 0. The van der Waals surface area contributed by atoms with Crippen LogP contribution in [0, 0.1) is 122 Å². The van der Waals surface area contributed by atoms with Crippen molar-refractivity contribution in [2.45, 2.75) is 215 Å². The molecule has 0 bridgehead atoms. The van der Waals surface area contributed by atoms with Crippen molar-refractivity contribution in [3.63, 3.8) is 0 Å². The molecule has 3 nitrogen and oxygen atoms in total. The van der Waals surface area contributed by atoms with Crippen LogP contribution in [0.15, 0.2) is 0 Å². The molecule has 0 amide bonds. The molecule has 0 aromatic heterocycles. The van der Waals surface area contributed by atoms with Crippen LogP contribution in [0.25, 0.3) is 0 Å². The largest absolute Gasteiger partial charge is 0.393 e. The van der Waals surface area contributed by atoms with Crippen LogP contribution >= 0.6 is 0 Å². The Bertz CT molecular complexity index is 1180. The van der Waals surface area contributed by atoms with Gasteiger partial charge in [-0.15, -0.1) is 0 Å². The highest BCUT2D eigenvalue weighted by atomic mass is 16.3. The van der Waals surface area contributed by atoms with E-state index in [4.69, 9.17) is 0 Å². The molecule has 330 valence electrons. The molecule has 0 heterocycles. The van der Waals surface area contributed by atoms with Crippen LogP contribution in [0.4, 0.5) is 0 Å². The van der Waals surface area contributed by atoms with E-state index in [-0.39, 0.29) is 45.4 Å². The first kappa shape index (κ1) is 48.5. The van der Waals surface area contributed by atoms with E-state index in [1.54, 1.807) is 0 Å². The second-order valence-electron chi connectivity index (χ2n) is 27.6. The lowest BCUT2D eigenvalue weighted by atomic mass is 9.47. The number of aliphatic hydroxyl groups excluding tert-OH is 3. The maximum Gasteiger partial charge on any atom is 0.0606 e. The van der Waals surface area contributed by atoms with E-state index in [1.807, 2.05) is 0 Å². The number of hydrogen-bond donors (Lipinski definition) is 3. The van der Waals surface area contributed by atoms with Gasteiger partial charge in [-0.05, 0) is 180 Å². The summed E-state index contributed by atoms with van der Waals surface area (Å²) in [5.74, 6) is 8.44. The Kier molecular flexibility index (Phi) is 15.0. The average molecular weight is 785 g/mol. The van der Waals surface area contributed by atoms with Crippen molar-refractivity contribution in [1.29, 1.82) is 0 Å². The van der Waals surface area contributed by atoms with Crippen LogP contribution in [-0.2, 0) is 0 Å². The van der Waals surface area contributed by atoms with Gasteiger partial charge in [-0.25, -0.2) is 0 Å². The smallest absolute Gasteiger partial charge is 0.0606 e. The van der Waals surface area contributed by atoms with Gasteiger partial charge in [0.05, 0.1) is 18.3 Å². The predicted molar refractivity (Wildman–Crippen MR) is 241 cm³/mol. The zero-order valence-corrected chi connectivity index (χ0v) is 41.2. The van der Waals surface area contributed by atoms with Crippen molar-refractivity contribution in [3.05, 3.63) is 0 Å². The van der Waals surface area contributed by atoms with Crippen molar-refractivity contribution in [2.75, 3.05) is 0 Å². The van der Waals surface area contributed by atoms with E-state index < -0.39 is 0 Å². The first-order chi connectivity index (χ1) is 25.2. The summed E-state index contributed by atoms with van der Waals surface area (Å²) >= 11 is 0. The highest BCUT2D eigenvalue weighted by Gasteiger charge is 2.55.